The SMILES string of the molecule is CCOCCCNCc1nn(CC)c2ccccc12. The van der Waals surface area contributed by atoms with E-state index in [4.69, 9.17) is 4.74 Å². The molecule has 1 aromatic heterocycles. The predicted molar refractivity (Wildman–Crippen MR) is 78.2 cm³/mol. The first kappa shape index (κ1) is 14.0. The van der Waals surface area contributed by atoms with Gasteiger partial charge in [-0.25, -0.2) is 0 Å². The lowest BCUT2D eigenvalue weighted by atomic mass is 10.2. The van der Waals surface area contributed by atoms with Crippen molar-refractivity contribution in [2.45, 2.75) is 33.4 Å². The smallest absolute Gasteiger partial charge is 0.0841 e. The third-order valence-corrected chi connectivity index (χ3v) is 3.17. The molecule has 0 atom stereocenters. The fraction of sp³-hybridized carbons (Fsp3) is 0.533. The Morgan fingerprint density at radius 2 is 2.11 bits per heavy atom. The van der Waals surface area contributed by atoms with Crippen molar-refractivity contribution >= 4 is 10.9 Å². The van der Waals surface area contributed by atoms with Crippen molar-refractivity contribution in [3.05, 3.63) is 30.0 Å². The van der Waals surface area contributed by atoms with Crippen molar-refractivity contribution < 1.29 is 4.74 Å². The molecule has 0 aliphatic rings. The Labute approximate surface area is 114 Å². The number of hydrogen-bond acceptors (Lipinski definition) is 3. The number of rotatable bonds is 8. The van der Waals surface area contributed by atoms with Crippen LogP contribution in [0.1, 0.15) is 26.0 Å². The molecule has 0 fully saturated rings. The van der Waals surface area contributed by atoms with Crippen LogP contribution in [0.15, 0.2) is 24.3 Å². The molecule has 2 rings (SSSR count). The molecule has 4 nitrogen and oxygen atoms in total. The van der Waals surface area contributed by atoms with Crippen LogP contribution >= 0.6 is 0 Å². The summed E-state index contributed by atoms with van der Waals surface area (Å²) >= 11 is 0. The van der Waals surface area contributed by atoms with E-state index in [2.05, 4.69) is 46.3 Å². The maximum Gasteiger partial charge on any atom is 0.0841 e. The zero-order valence-electron chi connectivity index (χ0n) is 11.9. The van der Waals surface area contributed by atoms with Gasteiger partial charge in [0.2, 0.25) is 0 Å². The molecule has 0 radical (unpaired) electrons. The van der Waals surface area contributed by atoms with Gasteiger partial charge in [-0.15, -0.1) is 0 Å². The van der Waals surface area contributed by atoms with Crippen molar-refractivity contribution in [2.24, 2.45) is 0 Å². The van der Waals surface area contributed by atoms with E-state index in [0.717, 1.165) is 45.0 Å². The molecule has 2 aromatic rings. The maximum atomic E-state index is 5.32. The molecular formula is C15H23N3O. The highest BCUT2D eigenvalue weighted by atomic mass is 16.5. The third kappa shape index (κ3) is 3.55. The van der Waals surface area contributed by atoms with Crippen LogP contribution in [0.25, 0.3) is 10.9 Å². The second kappa shape index (κ2) is 7.26. The van der Waals surface area contributed by atoms with Crippen molar-refractivity contribution in [2.75, 3.05) is 19.8 Å². The second-order valence-corrected chi connectivity index (χ2v) is 4.51. The van der Waals surface area contributed by atoms with Crippen molar-refractivity contribution in [3.8, 4) is 0 Å². The van der Waals surface area contributed by atoms with Crippen molar-refractivity contribution in [3.63, 3.8) is 0 Å². The van der Waals surface area contributed by atoms with Crippen LogP contribution in [0.4, 0.5) is 0 Å². The Morgan fingerprint density at radius 1 is 1.26 bits per heavy atom. The van der Waals surface area contributed by atoms with Crippen LogP contribution in [0, 0.1) is 0 Å². The van der Waals surface area contributed by atoms with Crippen LogP contribution in [0.2, 0.25) is 0 Å². The fourth-order valence-corrected chi connectivity index (χ4v) is 2.22. The molecule has 0 saturated carbocycles. The summed E-state index contributed by atoms with van der Waals surface area (Å²) < 4.78 is 7.38. The first-order valence-corrected chi connectivity index (χ1v) is 7.09. The zero-order valence-corrected chi connectivity index (χ0v) is 11.9. The predicted octanol–water partition coefficient (Wildman–Crippen LogP) is 2.57. The third-order valence-electron chi connectivity index (χ3n) is 3.17. The van der Waals surface area contributed by atoms with Gasteiger partial charge in [0, 0.05) is 31.7 Å². The van der Waals surface area contributed by atoms with E-state index in [9.17, 15) is 0 Å². The number of aryl methyl sites for hydroxylation is 1. The molecule has 1 heterocycles. The monoisotopic (exact) mass is 261 g/mol. The molecule has 0 spiro atoms. The lowest BCUT2D eigenvalue weighted by molar-refractivity contribution is 0.144. The Bertz CT molecular complexity index is 507. The van der Waals surface area contributed by atoms with Crippen LogP contribution in [0.5, 0.6) is 0 Å². The number of aromatic nitrogens is 2. The summed E-state index contributed by atoms with van der Waals surface area (Å²) in [5.74, 6) is 0. The van der Waals surface area contributed by atoms with Gasteiger partial charge in [-0.3, -0.25) is 4.68 Å². The molecule has 0 aliphatic carbocycles. The normalized spacial score (nSPS) is 11.3. The molecular weight excluding hydrogens is 238 g/mol. The number of ether oxygens (including phenoxy) is 1. The van der Waals surface area contributed by atoms with Gasteiger partial charge in [-0.1, -0.05) is 18.2 Å². The highest BCUT2D eigenvalue weighted by Crippen LogP contribution is 2.18. The van der Waals surface area contributed by atoms with E-state index < -0.39 is 0 Å². The quantitative estimate of drug-likeness (QED) is 0.742. The van der Waals surface area contributed by atoms with Gasteiger partial charge < -0.3 is 10.1 Å². The summed E-state index contributed by atoms with van der Waals surface area (Å²) in [5, 5.41) is 9.35. The first-order chi connectivity index (χ1) is 9.36. The van der Waals surface area contributed by atoms with E-state index in [1.807, 2.05) is 6.92 Å². The lowest BCUT2D eigenvalue weighted by Gasteiger charge is -2.03. The molecule has 19 heavy (non-hydrogen) atoms. The van der Waals surface area contributed by atoms with Crippen LogP contribution in [-0.2, 0) is 17.8 Å². The van der Waals surface area contributed by atoms with Gasteiger partial charge >= 0.3 is 0 Å². The topological polar surface area (TPSA) is 39.1 Å². The number of para-hydroxylation sites is 1. The Hall–Kier alpha value is -1.39. The van der Waals surface area contributed by atoms with Crippen LogP contribution in [0.3, 0.4) is 0 Å². The number of nitrogens with zero attached hydrogens (tertiary/aromatic N) is 2. The highest BCUT2D eigenvalue weighted by molar-refractivity contribution is 5.81. The Kier molecular flexibility index (Phi) is 5.36. The van der Waals surface area contributed by atoms with Crippen LogP contribution < -0.4 is 5.32 Å². The fourth-order valence-electron chi connectivity index (χ4n) is 2.22. The van der Waals surface area contributed by atoms with Gasteiger partial charge in [0.15, 0.2) is 0 Å². The van der Waals surface area contributed by atoms with Gasteiger partial charge in [0.1, 0.15) is 0 Å². The van der Waals surface area contributed by atoms with E-state index in [-0.39, 0.29) is 0 Å². The summed E-state index contributed by atoms with van der Waals surface area (Å²) in [7, 11) is 0. The minimum atomic E-state index is 0.797. The van der Waals surface area contributed by atoms with Crippen LogP contribution in [-0.4, -0.2) is 29.5 Å². The number of benzene rings is 1. The lowest BCUT2D eigenvalue weighted by Crippen LogP contribution is -2.17. The largest absolute Gasteiger partial charge is 0.382 e. The van der Waals surface area contributed by atoms with Crippen molar-refractivity contribution in [1.82, 2.24) is 15.1 Å². The molecule has 0 aliphatic heterocycles. The molecule has 0 bridgehead atoms. The maximum absolute atomic E-state index is 5.32. The number of fused-ring (bicyclic) bond motifs is 1. The average molecular weight is 261 g/mol. The minimum absolute atomic E-state index is 0.797. The molecule has 0 unspecified atom stereocenters. The van der Waals surface area contributed by atoms with E-state index >= 15 is 0 Å². The standard InChI is InChI=1S/C15H23N3O/c1-3-18-15-9-6-5-8-13(15)14(17-18)12-16-10-7-11-19-4-2/h5-6,8-9,16H,3-4,7,10-12H2,1-2H3. The highest BCUT2D eigenvalue weighted by Gasteiger charge is 2.07. The first-order valence-electron chi connectivity index (χ1n) is 7.09. The Morgan fingerprint density at radius 3 is 2.89 bits per heavy atom. The van der Waals surface area contributed by atoms with Gasteiger partial charge in [0.05, 0.1) is 11.2 Å². The van der Waals surface area contributed by atoms with E-state index in [0.29, 0.717) is 0 Å². The summed E-state index contributed by atoms with van der Waals surface area (Å²) in [6, 6.07) is 8.41. The zero-order chi connectivity index (χ0) is 13.5. The summed E-state index contributed by atoms with van der Waals surface area (Å²) in [5.41, 5.74) is 2.35. The average Bonchev–Trinajstić information content (AvgIpc) is 2.81. The molecule has 1 aromatic carbocycles. The van der Waals surface area contributed by atoms with Gasteiger partial charge in [-0.2, -0.15) is 5.10 Å². The van der Waals surface area contributed by atoms with Gasteiger partial charge in [-0.05, 0) is 32.9 Å². The molecule has 1 N–H and O–H groups in total. The molecule has 0 saturated heterocycles. The van der Waals surface area contributed by atoms with Gasteiger partial charge in [0.25, 0.3) is 0 Å². The van der Waals surface area contributed by atoms with Crippen molar-refractivity contribution in [1.29, 1.82) is 0 Å². The second-order valence-electron chi connectivity index (χ2n) is 4.51. The molecule has 0 amide bonds. The minimum Gasteiger partial charge on any atom is -0.382 e. The summed E-state index contributed by atoms with van der Waals surface area (Å²) in [4.78, 5) is 0. The molecule has 104 valence electrons. The van der Waals surface area contributed by atoms with E-state index in [1.165, 1.54) is 10.9 Å². The summed E-state index contributed by atoms with van der Waals surface area (Å²) in [6.45, 7) is 8.46. The number of nitrogens with one attached hydrogen (secondary N) is 1. The Balaban J connectivity index is 1.93. The van der Waals surface area contributed by atoms with E-state index in [1.54, 1.807) is 0 Å². The molecule has 4 heteroatoms. The number of hydrogen-bond donors (Lipinski definition) is 1. The summed E-state index contributed by atoms with van der Waals surface area (Å²) in [6.07, 6.45) is 1.04.